The predicted octanol–water partition coefficient (Wildman–Crippen LogP) is 2.97. The first-order valence-electron chi connectivity index (χ1n) is 5.77. The summed E-state index contributed by atoms with van der Waals surface area (Å²) >= 11 is 0.898. The van der Waals surface area contributed by atoms with Crippen molar-refractivity contribution in [2.45, 2.75) is 11.1 Å². The van der Waals surface area contributed by atoms with Crippen molar-refractivity contribution >= 4 is 27.0 Å². The summed E-state index contributed by atoms with van der Waals surface area (Å²) in [6.07, 6.45) is 0. The highest BCUT2D eigenvalue weighted by atomic mass is 32.2. The average Bonchev–Trinajstić information content (AvgIpc) is 2.89. The molecule has 1 heterocycles. The molecule has 0 aliphatic carbocycles. The summed E-state index contributed by atoms with van der Waals surface area (Å²) in [5, 5.41) is 8.77. The third-order valence-corrected chi connectivity index (χ3v) is 5.98. The third kappa shape index (κ3) is 2.66. The summed E-state index contributed by atoms with van der Waals surface area (Å²) in [7, 11) is -3.78. The van der Waals surface area contributed by atoms with Gasteiger partial charge in [0.25, 0.3) is 10.0 Å². The van der Waals surface area contributed by atoms with Crippen molar-refractivity contribution in [3.8, 4) is 6.07 Å². The number of hydrogen-bond acceptors (Lipinski definition) is 4. The largest absolute Gasteiger partial charge is 0.273 e. The van der Waals surface area contributed by atoms with Crippen molar-refractivity contribution < 1.29 is 12.8 Å². The zero-order valence-corrected chi connectivity index (χ0v) is 12.2. The molecule has 1 aromatic carbocycles. The van der Waals surface area contributed by atoms with Crippen LogP contribution in [0.25, 0.3) is 0 Å². The van der Waals surface area contributed by atoms with Gasteiger partial charge in [-0.25, -0.2) is 12.8 Å². The van der Waals surface area contributed by atoms with E-state index in [1.807, 2.05) is 6.07 Å². The van der Waals surface area contributed by atoms with Crippen LogP contribution in [-0.4, -0.2) is 15.0 Å². The molecule has 4 nitrogen and oxygen atoms in total. The molecule has 0 saturated carbocycles. The van der Waals surface area contributed by atoms with Gasteiger partial charge < -0.3 is 0 Å². The molecule has 0 unspecified atom stereocenters. The maximum absolute atomic E-state index is 13.3. The third-order valence-electron chi connectivity index (χ3n) is 2.62. The molecular formula is C13H11FN2O2S2. The van der Waals surface area contributed by atoms with Gasteiger partial charge in [0.15, 0.2) is 0 Å². The van der Waals surface area contributed by atoms with Crippen LogP contribution in [0.15, 0.2) is 40.6 Å². The Balaban J connectivity index is 2.48. The molecule has 0 atom stereocenters. The second-order valence-electron chi connectivity index (χ2n) is 3.88. The highest BCUT2D eigenvalue weighted by Crippen LogP contribution is 2.28. The Hall–Kier alpha value is -1.91. The van der Waals surface area contributed by atoms with E-state index in [0.717, 1.165) is 15.6 Å². The second kappa shape index (κ2) is 5.61. The van der Waals surface area contributed by atoms with E-state index >= 15 is 0 Å². The number of nitriles is 1. The summed E-state index contributed by atoms with van der Waals surface area (Å²) in [5.41, 5.74) is 0.263. The van der Waals surface area contributed by atoms with Crippen LogP contribution in [0, 0.1) is 17.1 Å². The summed E-state index contributed by atoms with van der Waals surface area (Å²) in [6, 6.07) is 10.2. The van der Waals surface area contributed by atoms with Crippen LogP contribution in [0.1, 0.15) is 11.8 Å². The van der Waals surface area contributed by atoms with E-state index < -0.39 is 15.8 Å². The molecule has 0 spiro atoms. The van der Waals surface area contributed by atoms with Crippen LogP contribution in [0.3, 0.4) is 0 Å². The minimum absolute atomic E-state index is 0.0696. The quantitative estimate of drug-likeness (QED) is 0.872. The van der Waals surface area contributed by atoms with Gasteiger partial charge in [-0.2, -0.15) is 5.26 Å². The predicted molar refractivity (Wildman–Crippen MR) is 75.6 cm³/mol. The molecule has 104 valence electrons. The molecule has 0 saturated heterocycles. The first-order valence-corrected chi connectivity index (χ1v) is 8.03. The molecule has 0 aliphatic rings. The minimum Gasteiger partial charge on any atom is -0.266 e. The molecule has 2 rings (SSSR count). The van der Waals surface area contributed by atoms with Gasteiger partial charge in [-0.1, -0.05) is 6.07 Å². The van der Waals surface area contributed by atoms with E-state index in [9.17, 15) is 12.8 Å². The normalized spacial score (nSPS) is 11.1. The zero-order chi connectivity index (χ0) is 14.8. The molecule has 0 radical (unpaired) electrons. The number of benzene rings is 1. The lowest BCUT2D eigenvalue weighted by molar-refractivity contribution is 0.593. The van der Waals surface area contributed by atoms with Crippen LogP contribution in [-0.2, 0) is 10.0 Å². The van der Waals surface area contributed by atoms with Crippen LogP contribution >= 0.6 is 11.3 Å². The molecule has 0 fully saturated rings. The van der Waals surface area contributed by atoms with Crippen molar-refractivity contribution in [2.24, 2.45) is 0 Å². The van der Waals surface area contributed by atoms with E-state index in [-0.39, 0.29) is 16.4 Å². The number of rotatable bonds is 4. The van der Waals surface area contributed by atoms with Crippen molar-refractivity contribution in [1.82, 2.24) is 0 Å². The Labute approximate surface area is 120 Å². The number of nitrogens with zero attached hydrogens (tertiary/aromatic N) is 2. The lowest BCUT2D eigenvalue weighted by Gasteiger charge is -2.21. The van der Waals surface area contributed by atoms with Crippen molar-refractivity contribution in [3.63, 3.8) is 0 Å². The topological polar surface area (TPSA) is 61.2 Å². The molecule has 0 N–H and O–H groups in total. The van der Waals surface area contributed by atoms with Crippen molar-refractivity contribution in [2.75, 3.05) is 10.8 Å². The van der Waals surface area contributed by atoms with E-state index in [1.165, 1.54) is 36.4 Å². The fourth-order valence-corrected chi connectivity index (χ4v) is 4.43. The maximum atomic E-state index is 13.3. The molecule has 1 aromatic heterocycles. The Kier molecular flexibility index (Phi) is 4.06. The van der Waals surface area contributed by atoms with Crippen LogP contribution < -0.4 is 4.31 Å². The first kappa shape index (κ1) is 14.5. The maximum Gasteiger partial charge on any atom is 0.273 e. The molecule has 2 aromatic rings. The van der Waals surface area contributed by atoms with E-state index in [2.05, 4.69) is 0 Å². The smallest absolute Gasteiger partial charge is 0.266 e. The summed E-state index contributed by atoms with van der Waals surface area (Å²) in [5.74, 6) is -0.500. The highest BCUT2D eigenvalue weighted by molar-refractivity contribution is 7.94. The Morgan fingerprint density at radius 2 is 2.10 bits per heavy atom. The Bertz CT molecular complexity index is 763. The number of thiophene rings is 1. The Morgan fingerprint density at radius 1 is 1.35 bits per heavy atom. The van der Waals surface area contributed by atoms with Crippen LogP contribution in [0.2, 0.25) is 0 Å². The zero-order valence-electron chi connectivity index (χ0n) is 10.6. The number of sulfonamides is 1. The number of hydrogen-bond donors (Lipinski definition) is 0. The minimum atomic E-state index is -3.78. The fraction of sp³-hybridized carbons (Fsp3) is 0.154. The van der Waals surface area contributed by atoms with Gasteiger partial charge in [0.05, 0.1) is 5.69 Å². The van der Waals surface area contributed by atoms with Gasteiger partial charge in [-0.05, 0) is 37.3 Å². The second-order valence-corrected chi connectivity index (χ2v) is 7.05. The number of anilines is 1. The summed E-state index contributed by atoms with van der Waals surface area (Å²) < 4.78 is 39.5. The van der Waals surface area contributed by atoms with Gasteiger partial charge in [-0.15, -0.1) is 11.3 Å². The van der Waals surface area contributed by atoms with Crippen molar-refractivity contribution in [1.29, 1.82) is 5.26 Å². The van der Waals surface area contributed by atoms with Gasteiger partial charge in [0, 0.05) is 6.54 Å². The molecule has 0 bridgehead atoms. The molecule has 0 aliphatic heterocycles. The van der Waals surface area contributed by atoms with Gasteiger partial charge in [-0.3, -0.25) is 4.31 Å². The van der Waals surface area contributed by atoms with Gasteiger partial charge in [0.1, 0.15) is 21.0 Å². The molecule has 20 heavy (non-hydrogen) atoms. The van der Waals surface area contributed by atoms with E-state index in [4.69, 9.17) is 5.26 Å². The molecule has 0 amide bonds. The standard InChI is InChI=1S/C13H11FN2O2S2/c1-2-16(11-5-3-4-10(14)8-11)20(17,18)13-7-6-12(9-15)19-13/h3-8H,2H2,1H3. The summed E-state index contributed by atoms with van der Waals surface area (Å²) in [4.78, 5) is 0.318. The SMILES string of the molecule is CCN(c1cccc(F)c1)S(=O)(=O)c1ccc(C#N)s1. The van der Waals surface area contributed by atoms with E-state index in [1.54, 1.807) is 6.92 Å². The first-order chi connectivity index (χ1) is 9.48. The number of halogens is 1. The fourth-order valence-electron chi connectivity index (χ4n) is 1.75. The lowest BCUT2D eigenvalue weighted by Crippen LogP contribution is -2.30. The highest BCUT2D eigenvalue weighted by Gasteiger charge is 2.25. The summed E-state index contributed by atoms with van der Waals surface area (Å²) in [6.45, 7) is 1.84. The molecule has 7 heteroatoms. The van der Waals surface area contributed by atoms with Gasteiger partial charge in [0.2, 0.25) is 0 Å². The monoisotopic (exact) mass is 310 g/mol. The van der Waals surface area contributed by atoms with Crippen LogP contribution in [0.5, 0.6) is 0 Å². The van der Waals surface area contributed by atoms with Gasteiger partial charge >= 0.3 is 0 Å². The van der Waals surface area contributed by atoms with Crippen molar-refractivity contribution in [3.05, 3.63) is 47.1 Å². The lowest BCUT2D eigenvalue weighted by atomic mass is 10.3. The Morgan fingerprint density at radius 3 is 2.65 bits per heavy atom. The van der Waals surface area contributed by atoms with E-state index in [0.29, 0.717) is 4.88 Å². The van der Waals surface area contributed by atoms with Crippen LogP contribution in [0.4, 0.5) is 10.1 Å². The molecular weight excluding hydrogens is 299 g/mol. The average molecular weight is 310 g/mol.